The summed E-state index contributed by atoms with van der Waals surface area (Å²) in [5.41, 5.74) is 0. The summed E-state index contributed by atoms with van der Waals surface area (Å²) in [6.45, 7) is 2.88. The fourth-order valence-corrected chi connectivity index (χ4v) is 2.31. The molecule has 1 rings (SSSR count). The second-order valence-corrected chi connectivity index (χ2v) is 5.50. The number of hydrogen-bond acceptors (Lipinski definition) is 3. The Morgan fingerprint density at radius 3 is 2.63 bits per heavy atom. The van der Waals surface area contributed by atoms with Crippen LogP contribution in [-0.4, -0.2) is 36.1 Å². The maximum Gasteiger partial charge on any atom is 0.314 e. The molecule has 5 heteroatoms. The minimum atomic E-state index is -0.373. The van der Waals surface area contributed by atoms with Crippen LogP contribution in [0.25, 0.3) is 0 Å². The number of carbonyl (C=O) groups excluding carboxylic acids is 1. The molecule has 1 unspecified atom stereocenters. The monoisotopic (exact) mass is 282 g/mol. The molecule has 0 spiro atoms. The van der Waals surface area contributed by atoms with Gasteiger partial charge in [-0.25, -0.2) is 4.79 Å². The topological polar surface area (TPSA) is 61.4 Å². The number of aliphatic hydroxyl groups excluding tert-OH is 1. The number of carbonyl (C=O) groups is 1. The van der Waals surface area contributed by atoms with E-state index in [9.17, 15) is 4.79 Å². The summed E-state index contributed by atoms with van der Waals surface area (Å²) in [6.07, 6.45) is 1.14. The van der Waals surface area contributed by atoms with E-state index in [2.05, 4.69) is 22.8 Å². The molecule has 0 saturated carbocycles. The summed E-state index contributed by atoms with van der Waals surface area (Å²) < 4.78 is 0. The zero-order valence-electron chi connectivity index (χ0n) is 11.3. The summed E-state index contributed by atoms with van der Waals surface area (Å²) in [7, 11) is 0. The van der Waals surface area contributed by atoms with E-state index in [0.717, 1.165) is 12.2 Å². The van der Waals surface area contributed by atoms with Crippen molar-refractivity contribution in [1.29, 1.82) is 0 Å². The third kappa shape index (κ3) is 8.51. The molecule has 1 aromatic rings. The van der Waals surface area contributed by atoms with Crippen molar-refractivity contribution in [3.63, 3.8) is 0 Å². The molecule has 106 valence electrons. The molecule has 3 N–H and O–H groups in total. The molecular formula is C14H22N2O2S. The first kappa shape index (κ1) is 15.9. The largest absolute Gasteiger partial charge is 0.393 e. The van der Waals surface area contributed by atoms with Crippen molar-refractivity contribution in [1.82, 2.24) is 10.6 Å². The third-order valence-corrected chi connectivity index (χ3v) is 3.56. The standard InChI is InChI=1S/C14H22N2O2S/c1-12(17)8-10-16-14(18)15-9-5-11-19-13-6-3-2-4-7-13/h2-4,6-7,12,17H,5,8-11H2,1H3,(H2,15,16,18). The molecule has 4 nitrogen and oxygen atoms in total. The predicted octanol–water partition coefficient (Wildman–Crippen LogP) is 2.24. The molecular weight excluding hydrogens is 260 g/mol. The van der Waals surface area contributed by atoms with E-state index in [1.165, 1.54) is 4.90 Å². The van der Waals surface area contributed by atoms with Crippen molar-refractivity contribution in [2.45, 2.75) is 30.8 Å². The molecule has 0 aliphatic carbocycles. The Hall–Kier alpha value is -1.20. The minimum Gasteiger partial charge on any atom is -0.393 e. The molecule has 0 aliphatic rings. The molecule has 0 aromatic heterocycles. The Labute approximate surface area is 119 Å². The molecule has 0 heterocycles. The Kier molecular flexibility index (Phi) is 8.09. The van der Waals surface area contributed by atoms with Crippen LogP contribution in [0.2, 0.25) is 0 Å². The number of rotatable bonds is 8. The molecule has 0 aliphatic heterocycles. The third-order valence-electron chi connectivity index (χ3n) is 2.47. The van der Waals surface area contributed by atoms with Crippen LogP contribution in [0.1, 0.15) is 19.8 Å². The first-order valence-corrected chi connectivity index (χ1v) is 7.54. The highest BCUT2D eigenvalue weighted by Gasteiger charge is 2.00. The summed E-state index contributed by atoms with van der Waals surface area (Å²) >= 11 is 1.79. The van der Waals surface area contributed by atoms with Gasteiger partial charge >= 0.3 is 6.03 Å². The summed E-state index contributed by atoms with van der Waals surface area (Å²) in [5, 5.41) is 14.5. The summed E-state index contributed by atoms with van der Waals surface area (Å²) in [4.78, 5) is 12.6. The van der Waals surface area contributed by atoms with E-state index in [1.54, 1.807) is 18.7 Å². The number of benzene rings is 1. The van der Waals surface area contributed by atoms with Gasteiger partial charge in [-0.2, -0.15) is 0 Å². The van der Waals surface area contributed by atoms with Crippen molar-refractivity contribution in [2.24, 2.45) is 0 Å². The second kappa shape index (κ2) is 9.69. The highest BCUT2D eigenvalue weighted by atomic mass is 32.2. The van der Waals surface area contributed by atoms with Gasteiger partial charge in [-0.15, -0.1) is 11.8 Å². The first-order valence-electron chi connectivity index (χ1n) is 6.56. The predicted molar refractivity (Wildman–Crippen MR) is 79.5 cm³/mol. The molecule has 1 atom stereocenters. The molecule has 19 heavy (non-hydrogen) atoms. The van der Waals surface area contributed by atoms with Gasteiger partial charge in [0.1, 0.15) is 0 Å². The summed E-state index contributed by atoms with van der Waals surface area (Å²) in [6, 6.07) is 10.1. The average Bonchev–Trinajstić information content (AvgIpc) is 2.39. The maximum absolute atomic E-state index is 11.3. The second-order valence-electron chi connectivity index (χ2n) is 4.34. The lowest BCUT2D eigenvalue weighted by Gasteiger charge is -2.08. The molecule has 0 bridgehead atoms. The van der Waals surface area contributed by atoms with Crippen LogP contribution in [-0.2, 0) is 0 Å². The highest BCUT2D eigenvalue weighted by molar-refractivity contribution is 7.99. The fraction of sp³-hybridized carbons (Fsp3) is 0.500. The Bertz CT molecular complexity index is 358. The number of hydrogen-bond donors (Lipinski definition) is 3. The van der Waals surface area contributed by atoms with Gasteiger partial charge in [0.05, 0.1) is 6.10 Å². The van der Waals surface area contributed by atoms with Crippen LogP contribution >= 0.6 is 11.8 Å². The zero-order chi connectivity index (χ0) is 13.9. The number of urea groups is 1. The zero-order valence-corrected chi connectivity index (χ0v) is 12.1. The number of amides is 2. The van der Waals surface area contributed by atoms with Crippen LogP contribution < -0.4 is 10.6 Å². The lowest BCUT2D eigenvalue weighted by molar-refractivity contribution is 0.183. The maximum atomic E-state index is 11.3. The Morgan fingerprint density at radius 2 is 1.95 bits per heavy atom. The van der Waals surface area contributed by atoms with Gasteiger partial charge in [0.25, 0.3) is 0 Å². The molecule has 1 aromatic carbocycles. The van der Waals surface area contributed by atoms with Gasteiger partial charge in [0.15, 0.2) is 0 Å². The minimum absolute atomic E-state index is 0.162. The molecule has 0 radical (unpaired) electrons. The van der Waals surface area contributed by atoms with Crippen LogP contribution in [0.5, 0.6) is 0 Å². The van der Waals surface area contributed by atoms with E-state index in [4.69, 9.17) is 5.11 Å². The van der Waals surface area contributed by atoms with Gasteiger partial charge in [0, 0.05) is 18.0 Å². The Morgan fingerprint density at radius 1 is 1.26 bits per heavy atom. The van der Waals surface area contributed by atoms with Crippen LogP contribution in [0.3, 0.4) is 0 Å². The van der Waals surface area contributed by atoms with Crippen molar-refractivity contribution >= 4 is 17.8 Å². The molecule has 0 saturated heterocycles. The number of nitrogens with one attached hydrogen (secondary N) is 2. The SMILES string of the molecule is CC(O)CCNC(=O)NCCCSc1ccccc1. The van der Waals surface area contributed by atoms with E-state index in [0.29, 0.717) is 19.5 Å². The number of aliphatic hydroxyl groups is 1. The van der Waals surface area contributed by atoms with E-state index in [1.807, 2.05) is 18.2 Å². The average molecular weight is 282 g/mol. The van der Waals surface area contributed by atoms with Gasteiger partial charge in [-0.05, 0) is 37.7 Å². The van der Waals surface area contributed by atoms with Gasteiger partial charge < -0.3 is 15.7 Å². The Balaban J connectivity index is 1.97. The van der Waals surface area contributed by atoms with Crippen LogP contribution in [0.15, 0.2) is 35.2 Å². The van der Waals surface area contributed by atoms with Gasteiger partial charge in [-0.3, -0.25) is 0 Å². The molecule has 2 amide bonds. The number of thioether (sulfide) groups is 1. The molecule has 0 fully saturated rings. The van der Waals surface area contributed by atoms with E-state index in [-0.39, 0.29) is 12.1 Å². The van der Waals surface area contributed by atoms with Gasteiger partial charge in [0.2, 0.25) is 0 Å². The lowest BCUT2D eigenvalue weighted by atomic mass is 10.3. The van der Waals surface area contributed by atoms with Crippen LogP contribution in [0.4, 0.5) is 4.79 Å². The summed E-state index contributed by atoms with van der Waals surface area (Å²) in [5.74, 6) is 0.984. The highest BCUT2D eigenvalue weighted by Crippen LogP contribution is 2.17. The van der Waals surface area contributed by atoms with Crippen molar-refractivity contribution < 1.29 is 9.90 Å². The van der Waals surface area contributed by atoms with Gasteiger partial charge in [-0.1, -0.05) is 18.2 Å². The lowest BCUT2D eigenvalue weighted by Crippen LogP contribution is -2.37. The smallest absolute Gasteiger partial charge is 0.314 e. The van der Waals surface area contributed by atoms with Crippen LogP contribution in [0, 0.1) is 0 Å². The van der Waals surface area contributed by atoms with Crippen molar-refractivity contribution in [2.75, 3.05) is 18.8 Å². The quantitative estimate of drug-likeness (QED) is 0.506. The first-order chi connectivity index (χ1) is 9.18. The van der Waals surface area contributed by atoms with Crippen molar-refractivity contribution in [3.05, 3.63) is 30.3 Å². The van der Waals surface area contributed by atoms with E-state index < -0.39 is 0 Å². The fourth-order valence-electron chi connectivity index (χ4n) is 1.44. The van der Waals surface area contributed by atoms with E-state index >= 15 is 0 Å². The normalized spacial score (nSPS) is 11.9. The van der Waals surface area contributed by atoms with Crippen molar-refractivity contribution in [3.8, 4) is 0 Å².